The third-order valence-electron chi connectivity index (χ3n) is 3.55. The van der Waals surface area contributed by atoms with Gasteiger partial charge in [-0.2, -0.15) is 0 Å². The maximum absolute atomic E-state index is 11.4. The number of hydrogen-bond donors (Lipinski definition) is 1. The van der Waals surface area contributed by atoms with Crippen molar-refractivity contribution < 1.29 is 14.8 Å². The van der Waals surface area contributed by atoms with Crippen molar-refractivity contribution in [3.8, 4) is 5.75 Å². The fraction of sp³-hybridized carbons (Fsp3) is 0.200. The zero-order valence-corrected chi connectivity index (χ0v) is 11.6. The summed E-state index contributed by atoms with van der Waals surface area (Å²) in [6.45, 7) is 0. The number of hydrogen-bond acceptors (Lipinski definition) is 4. The van der Waals surface area contributed by atoms with Crippen molar-refractivity contribution in [3.05, 3.63) is 74.8 Å². The predicted molar refractivity (Wildman–Crippen MR) is 77.0 cm³/mol. The highest BCUT2D eigenvalue weighted by Gasteiger charge is 2.46. The molecule has 1 heterocycles. The van der Waals surface area contributed by atoms with Crippen LogP contribution in [-0.2, 0) is 0 Å². The molecule has 0 saturated heterocycles. The van der Waals surface area contributed by atoms with Crippen LogP contribution in [0.15, 0.2) is 48.5 Å². The van der Waals surface area contributed by atoms with Crippen molar-refractivity contribution >= 4 is 11.6 Å². The van der Waals surface area contributed by atoms with E-state index in [0.717, 1.165) is 0 Å². The van der Waals surface area contributed by atoms with E-state index in [1.807, 2.05) is 6.07 Å². The lowest BCUT2D eigenvalue weighted by Crippen LogP contribution is -2.40. The fourth-order valence-corrected chi connectivity index (χ4v) is 2.73. The van der Waals surface area contributed by atoms with Gasteiger partial charge in [-0.1, -0.05) is 41.9 Å². The van der Waals surface area contributed by atoms with Crippen molar-refractivity contribution in [2.45, 2.75) is 18.2 Å². The van der Waals surface area contributed by atoms with E-state index in [4.69, 9.17) is 16.3 Å². The minimum Gasteiger partial charge on any atom is -0.478 e. The van der Waals surface area contributed by atoms with Crippen LogP contribution in [-0.4, -0.2) is 16.1 Å². The molecule has 0 aromatic heterocycles. The fourth-order valence-electron chi connectivity index (χ4n) is 2.55. The number of fused-ring (bicyclic) bond motifs is 1. The first-order valence-electron chi connectivity index (χ1n) is 6.40. The van der Waals surface area contributed by atoms with Crippen molar-refractivity contribution in [1.29, 1.82) is 0 Å². The lowest BCUT2D eigenvalue weighted by molar-refractivity contribution is -0.549. The second kappa shape index (κ2) is 5.35. The summed E-state index contributed by atoms with van der Waals surface area (Å²) in [5.41, 5.74) is 0.996. The summed E-state index contributed by atoms with van der Waals surface area (Å²) in [6, 6.07) is 12.3. The molecule has 2 aromatic rings. The van der Waals surface area contributed by atoms with Crippen LogP contribution < -0.4 is 4.74 Å². The van der Waals surface area contributed by atoms with Crippen molar-refractivity contribution in [3.63, 3.8) is 0 Å². The van der Waals surface area contributed by atoms with Crippen LogP contribution in [0, 0.1) is 10.1 Å². The monoisotopic (exact) mass is 305 g/mol. The van der Waals surface area contributed by atoms with E-state index >= 15 is 0 Å². The Balaban J connectivity index is 2.09. The predicted octanol–water partition coefficient (Wildman–Crippen LogP) is 3.15. The van der Waals surface area contributed by atoms with Gasteiger partial charge in [0.2, 0.25) is 0 Å². The Morgan fingerprint density at radius 1 is 1.19 bits per heavy atom. The molecular weight excluding hydrogens is 294 g/mol. The third kappa shape index (κ3) is 2.46. The Morgan fingerprint density at radius 2 is 1.90 bits per heavy atom. The number of aliphatic hydroxyl groups excluding tert-OH is 1. The summed E-state index contributed by atoms with van der Waals surface area (Å²) < 4.78 is 5.76. The number of aliphatic hydroxyl groups is 1. The summed E-state index contributed by atoms with van der Waals surface area (Å²) in [7, 11) is 0. The molecule has 3 atom stereocenters. The highest BCUT2D eigenvalue weighted by Crippen LogP contribution is 2.43. The van der Waals surface area contributed by atoms with Gasteiger partial charge >= 0.3 is 0 Å². The Kier molecular flexibility index (Phi) is 3.53. The second-order valence-electron chi connectivity index (χ2n) is 4.85. The summed E-state index contributed by atoms with van der Waals surface area (Å²) in [6.07, 6.45) is -2.11. The zero-order chi connectivity index (χ0) is 15.0. The molecule has 0 amide bonds. The highest BCUT2D eigenvalue weighted by molar-refractivity contribution is 6.30. The first-order chi connectivity index (χ1) is 10.1. The number of nitro groups is 1. The Hall–Kier alpha value is -2.11. The van der Waals surface area contributed by atoms with Gasteiger partial charge in [-0.05, 0) is 23.8 Å². The van der Waals surface area contributed by atoms with Crippen LogP contribution in [0.1, 0.15) is 23.3 Å². The summed E-state index contributed by atoms with van der Waals surface area (Å²) in [4.78, 5) is 10.9. The van der Waals surface area contributed by atoms with Crippen LogP contribution in [0.2, 0.25) is 5.02 Å². The van der Waals surface area contributed by atoms with Gasteiger partial charge in [0.15, 0.2) is 12.2 Å². The van der Waals surface area contributed by atoms with E-state index < -0.39 is 23.2 Å². The van der Waals surface area contributed by atoms with Crippen molar-refractivity contribution in [1.82, 2.24) is 0 Å². The molecule has 1 aliphatic heterocycles. The van der Waals surface area contributed by atoms with Crippen LogP contribution in [0.25, 0.3) is 0 Å². The van der Waals surface area contributed by atoms with Gasteiger partial charge in [0.25, 0.3) is 6.04 Å². The van der Waals surface area contributed by atoms with Crippen LogP contribution in [0.3, 0.4) is 0 Å². The molecule has 5 nitrogen and oxygen atoms in total. The lowest BCUT2D eigenvalue weighted by atomic mass is 9.90. The first kappa shape index (κ1) is 13.9. The van der Waals surface area contributed by atoms with Crippen LogP contribution >= 0.6 is 11.6 Å². The van der Waals surface area contributed by atoms with Gasteiger partial charge in [-0.15, -0.1) is 0 Å². The number of benzene rings is 2. The molecule has 0 spiro atoms. The minimum absolute atomic E-state index is 0.344. The summed E-state index contributed by atoms with van der Waals surface area (Å²) in [5.74, 6) is 0.416. The average molecular weight is 306 g/mol. The Morgan fingerprint density at radius 3 is 2.57 bits per heavy atom. The number of rotatable bonds is 2. The van der Waals surface area contributed by atoms with Gasteiger partial charge in [0.1, 0.15) is 5.75 Å². The average Bonchev–Trinajstić information content (AvgIpc) is 2.48. The second-order valence-corrected chi connectivity index (χ2v) is 5.29. The molecule has 0 unspecified atom stereocenters. The van der Waals surface area contributed by atoms with Gasteiger partial charge < -0.3 is 9.84 Å². The van der Waals surface area contributed by atoms with E-state index in [-0.39, 0.29) is 0 Å². The van der Waals surface area contributed by atoms with E-state index in [2.05, 4.69) is 0 Å². The molecule has 0 radical (unpaired) electrons. The molecule has 21 heavy (non-hydrogen) atoms. The molecule has 0 saturated carbocycles. The normalized spacial score (nSPS) is 24.0. The molecule has 0 aliphatic carbocycles. The van der Waals surface area contributed by atoms with E-state index in [1.54, 1.807) is 36.4 Å². The molecule has 1 aliphatic rings. The van der Waals surface area contributed by atoms with Crippen molar-refractivity contribution in [2.24, 2.45) is 0 Å². The molecule has 2 aromatic carbocycles. The Bertz CT molecular complexity index is 677. The van der Waals surface area contributed by atoms with Crippen LogP contribution in [0.4, 0.5) is 0 Å². The molecule has 3 rings (SSSR count). The van der Waals surface area contributed by atoms with Crippen LogP contribution in [0.5, 0.6) is 5.75 Å². The smallest absolute Gasteiger partial charge is 0.283 e. The Labute approximate surface area is 125 Å². The topological polar surface area (TPSA) is 72.6 Å². The molecular formula is C15H12ClNO4. The number of nitrogens with zero attached hydrogens (tertiary/aromatic N) is 1. The quantitative estimate of drug-likeness (QED) is 0.683. The molecule has 108 valence electrons. The maximum Gasteiger partial charge on any atom is 0.283 e. The summed E-state index contributed by atoms with van der Waals surface area (Å²) in [5, 5.41) is 22.1. The van der Waals surface area contributed by atoms with E-state index in [0.29, 0.717) is 21.9 Å². The number of halogens is 1. The van der Waals surface area contributed by atoms with E-state index in [1.165, 1.54) is 6.07 Å². The first-order valence-corrected chi connectivity index (χ1v) is 6.78. The molecule has 0 fully saturated rings. The SMILES string of the molecule is O=[N+]([O-])[C@H]1[C@@H](c2ccccc2)Oc2ccc(Cl)cc2[C@@H]1O. The highest BCUT2D eigenvalue weighted by atomic mass is 35.5. The maximum atomic E-state index is 11.4. The van der Waals surface area contributed by atoms with Gasteiger partial charge in [-0.3, -0.25) is 10.1 Å². The molecule has 6 heteroatoms. The molecule has 0 bridgehead atoms. The zero-order valence-electron chi connectivity index (χ0n) is 10.8. The lowest BCUT2D eigenvalue weighted by Gasteiger charge is -2.32. The minimum atomic E-state index is -1.28. The van der Waals surface area contributed by atoms with Gasteiger partial charge in [0.05, 0.1) is 0 Å². The van der Waals surface area contributed by atoms with Gasteiger partial charge in [0, 0.05) is 15.5 Å². The van der Waals surface area contributed by atoms with E-state index in [9.17, 15) is 15.2 Å². The standard InChI is InChI=1S/C15H12ClNO4/c16-10-6-7-12-11(8-10)14(18)13(17(19)20)15(21-12)9-4-2-1-3-5-9/h1-8,13-15,18H/t13-,14+,15-/m1/s1. The van der Waals surface area contributed by atoms with Gasteiger partial charge in [-0.25, -0.2) is 0 Å². The van der Waals surface area contributed by atoms with Crippen molar-refractivity contribution in [2.75, 3.05) is 0 Å². The number of ether oxygens (including phenoxy) is 1. The largest absolute Gasteiger partial charge is 0.478 e. The third-order valence-corrected chi connectivity index (χ3v) is 3.78. The summed E-state index contributed by atoms with van der Waals surface area (Å²) >= 11 is 5.89. The molecule has 1 N–H and O–H groups in total.